The number of anilines is 1. The van der Waals surface area contributed by atoms with E-state index in [1.165, 1.54) is 12.1 Å². The topological polar surface area (TPSA) is 40.5 Å². The quantitative estimate of drug-likeness (QED) is 0.881. The van der Waals surface area contributed by atoms with Gasteiger partial charge in [0.25, 0.3) is 0 Å². The van der Waals surface area contributed by atoms with Gasteiger partial charge in [-0.15, -0.1) is 0 Å². The van der Waals surface area contributed by atoms with Crippen LogP contribution >= 0.6 is 0 Å². The summed E-state index contributed by atoms with van der Waals surface area (Å²) < 4.78 is 26.3. The van der Waals surface area contributed by atoms with E-state index in [4.69, 9.17) is 5.11 Å². The Morgan fingerprint density at radius 3 is 2.50 bits per heavy atom. The van der Waals surface area contributed by atoms with Crippen molar-refractivity contribution >= 4 is 11.7 Å². The molecule has 0 heterocycles. The van der Waals surface area contributed by atoms with Crippen LogP contribution in [0.15, 0.2) is 18.2 Å². The van der Waals surface area contributed by atoms with Gasteiger partial charge < -0.3 is 10.0 Å². The highest BCUT2D eigenvalue weighted by molar-refractivity contribution is 5.67. The predicted molar refractivity (Wildman–Crippen MR) is 65.7 cm³/mol. The molecule has 0 spiro atoms. The van der Waals surface area contributed by atoms with E-state index in [0.29, 0.717) is 6.54 Å². The molecular formula is C13H17F2NO2. The van der Waals surface area contributed by atoms with E-state index in [1.807, 2.05) is 0 Å². The van der Waals surface area contributed by atoms with Crippen LogP contribution in [0, 0.1) is 17.0 Å². The average Bonchev–Trinajstić information content (AvgIpc) is 2.13. The standard InChI is InChI=1S/C13H17F2NO2/c1-13(2,7-12(17)18)8-16(3)11-5-4-9(14)6-10(11)15/h4-6H,7-8H2,1-3H3,(H,17,18). The molecule has 0 saturated heterocycles. The Morgan fingerprint density at radius 1 is 1.39 bits per heavy atom. The van der Waals surface area contributed by atoms with Crippen LogP contribution in [0.4, 0.5) is 14.5 Å². The van der Waals surface area contributed by atoms with Crippen molar-refractivity contribution in [1.29, 1.82) is 0 Å². The second-order valence-corrected chi connectivity index (χ2v) is 5.19. The SMILES string of the molecule is CN(CC(C)(C)CC(=O)O)c1ccc(F)cc1F. The van der Waals surface area contributed by atoms with Gasteiger partial charge in [-0.3, -0.25) is 4.79 Å². The van der Waals surface area contributed by atoms with Crippen LogP contribution in [0.3, 0.4) is 0 Å². The second kappa shape index (κ2) is 5.33. The minimum absolute atomic E-state index is 0.0137. The zero-order chi connectivity index (χ0) is 13.9. The lowest BCUT2D eigenvalue weighted by Crippen LogP contribution is -2.33. The van der Waals surface area contributed by atoms with Crippen molar-refractivity contribution in [2.45, 2.75) is 20.3 Å². The fraction of sp³-hybridized carbons (Fsp3) is 0.462. The minimum atomic E-state index is -0.895. The van der Waals surface area contributed by atoms with Gasteiger partial charge in [0.15, 0.2) is 0 Å². The average molecular weight is 257 g/mol. The number of aliphatic carboxylic acids is 1. The van der Waals surface area contributed by atoms with Gasteiger partial charge in [0.05, 0.1) is 12.1 Å². The van der Waals surface area contributed by atoms with E-state index in [0.717, 1.165) is 6.07 Å². The van der Waals surface area contributed by atoms with Gasteiger partial charge >= 0.3 is 5.97 Å². The third kappa shape index (κ3) is 3.98. The Labute approximate surface area is 105 Å². The molecule has 0 aliphatic heterocycles. The lowest BCUT2D eigenvalue weighted by molar-refractivity contribution is -0.139. The summed E-state index contributed by atoms with van der Waals surface area (Å²) in [4.78, 5) is 12.3. The zero-order valence-electron chi connectivity index (χ0n) is 10.7. The summed E-state index contributed by atoms with van der Waals surface area (Å²) in [6.45, 7) is 3.94. The minimum Gasteiger partial charge on any atom is -0.481 e. The van der Waals surface area contributed by atoms with Crippen molar-refractivity contribution in [3.05, 3.63) is 29.8 Å². The third-order valence-electron chi connectivity index (χ3n) is 2.62. The van der Waals surface area contributed by atoms with Crippen LogP contribution in [0.1, 0.15) is 20.3 Å². The molecule has 18 heavy (non-hydrogen) atoms. The number of nitrogens with zero attached hydrogens (tertiary/aromatic N) is 1. The van der Waals surface area contributed by atoms with Gasteiger partial charge in [0.1, 0.15) is 11.6 Å². The zero-order valence-corrected chi connectivity index (χ0v) is 10.7. The van der Waals surface area contributed by atoms with Crippen LogP contribution in [-0.4, -0.2) is 24.7 Å². The Kier molecular flexibility index (Phi) is 4.27. The second-order valence-electron chi connectivity index (χ2n) is 5.19. The van der Waals surface area contributed by atoms with Gasteiger partial charge in [0, 0.05) is 19.7 Å². The van der Waals surface area contributed by atoms with Crippen LogP contribution in [-0.2, 0) is 4.79 Å². The summed E-state index contributed by atoms with van der Waals surface area (Å²) in [5.74, 6) is -2.17. The molecule has 0 radical (unpaired) electrons. The molecule has 1 aromatic rings. The molecule has 0 unspecified atom stereocenters. The first-order valence-corrected chi connectivity index (χ1v) is 5.59. The van der Waals surface area contributed by atoms with Crippen LogP contribution in [0.5, 0.6) is 0 Å². The lowest BCUT2D eigenvalue weighted by Gasteiger charge is -2.30. The summed E-state index contributed by atoms with van der Waals surface area (Å²) in [5, 5.41) is 8.78. The molecule has 0 bridgehead atoms. The summed E-state index contributed by atoms with van der Waals surface area (Å²) in [5.41, 5.74) is -0.239. The summed E-state index contributed by atoms with van der Waals surface area (Å²) in [6, 6.07) is 3.34. The number of benzene rings is 1. The Hall–Kier alpha value is -1.65. The highest BCUT2D eigenvalue weighted by Gasteiger charge is 2.24. The number of rotatable bonds is 5. The van der Waals surface area contributed by atoms with E-state index in [-0.39, 0.29) is 12.1 Å². The Balaban J connectivity index is 2.81. The maximum Gasteiger partial charge on any atom is 0.303 e. The summed E-state index contributed by atoms with van der Waals surface area (Å²) >= 11 is 0. The molecule has 0 amide bonds. The van der Waals surface area contributed by atoms with E-state index >= 15 is 0 Å². The first-order chi connectivity index (χ1) is 8.21. The monoisotopic (exact) mass is 257 g/mol. The summed E-state index contributed by atoms with van der Waals surface area (Å²) in [6.07, 6.45) is -0.0137. The molecule has 3 nitrogen and oxygen atoms in total. The smallest absolute Gasteiger partial charge is 0.303 e. The highest BCUT2D eigenvalue weighted by Crippen LogP contribution is 2.26. The van der Waals surface area contributed by atoms with Gasteiger partial charge in [-0.25, -0.2) is 8.78 Å². The Bertz CT molecular complexity index is 447. The first-order valence-electron chi connectivity index (χ1n) is 5.59. The molecule has 0 aromatic heterocycles. The number of carboxylic acids is 1. The molecule has 0 saturated carbocycles. The van der Waals surface area contributed by atoms with Crippen molar-refractivity contribution < 1.29 is 18.7 Å². The van der Waals surface area contributed by atoms with Crippen LogP contribution in [0.25, 0.3) is 0 Å². The molecule has 0 aliphatic carbocycles. The maximum absolute atomic E-state index is 13.5. The van der Waals surface area contributed by atoms with E-state index in [9.17, 15) is 13.6 Å². The molecule has 1 N–H and O–H groups in total. The number of hydrogen-bond acceptors (Lipinski definition) is 2. The lowest BCUT2D eigenvalue weighted by atomic mass is 9.88. The maximum atomic E-state index is 13.5. The fourth-order valence-corrected chi connectivity index (χ4v) is 1.98. The first kappa shape index (κ1) is 14.4. The highest BCUT2D eigenvalue weighted by atomic mass is 19.1. The van der Waals surface area contributed by atoms with Crippen molar-refractivity contribution in [2.75, 3.05) is 18.5 Å². The number of halogens is 2. The normalized spacial score (nSPS) is 11.4. The van der Waals surface area contributed by atoms with Crippen LogP contribution < -0.4 is 4.90 Å². The molecule has 0 atom stereocenters. The number of carboxylic acid groups (broad SMARTS) is 1. The van der Waals surface area contributed by atoms with E-state index in [2.05, 4.69) is 0 Å². The molecule has 100 valence electrons. The van der Waals surface area contributed by atoms with Gasteiger partial charge in [0.2, 0.25) is 0 Å². The van der Waals surface area contributed by atoms with Gasteiger partial charge in [-0.2, -0.15) is 0 Å². The van der Waals surface area contributed by atoms with Crippen LogP contribution in [0.2, 0.25) is 0 Å². The number of carbonyl (C=O) groups is 1. The molecule has 0 aliphatic rings. The van der Waals surface area contributed by atoms with Crippen molar-refractivity contribution in [1.82, 2.24) is 0 Å². The van der Waals surface area contributed by atoms with Crippen molar-refractivity contribution in [3.63, 3.8) is 0 Å². The van der Waals surface area contributed by atoms with Gasteiger partial charge in [-0.05, 0) is 17.5 Å². The molecule has 1 rings (SSSR count). The molecule has 0 fully saturated rings. The third-order valence-corrected chi connectivity index (χ3v) is 2.62. The largest absolute Gasteiger partial charge is 0.481 e. The van der Waals surface area contributed by atoms with Crippen molar-refractivity contribution in [2.24, 2.45) is 5.41 Å². The molecular weight excluding hydrogens is 240 g/mol. The van der Waals surface area contributed by atoms with E-state index in [1.54, 1.807) is 25.8 Å². The van der Waals surface area contributed by atoms with Crippen molar-refractivity contribution in [3.8, 4) is 0 Å². The van der Waals surface area contributed by atoms with E-state index < -0.39 is 23.0 Å². The molecule has 5 heteroatoms. The fourth-order valence-electron chi connectivity index (χ4n) is 1.98. The summed E-state index contributed by atoms with van der Waals surface area (Å²) in [7, 11) is 1.65. The van der Waals surface area contributed by atoms with Gasteiger partial charge in [-0.1, -0.05) is 13.8 Å². The Morgan fingerprint density at radius 2 is 2.00 bits per heavy atom. The number of hydrogen-bond donors (Lipinski definition) is 1. The molecule has 1 aromatic carbocycles. The predicted octanol–water partition coefficient (Wildman–Crippen LogP) is 2.90.